The lowest BCUT2D eigenvalue weighted by molar-refractivity contribution is 0.0730. The van der Waals surface area contributed by atoms with E-state index in [1.165, 1.54) is 23.5 Å². The maximum Gasteiger partial charge on any atom is 0.273 e. The van der Waals surface area contributed by atoms with Crippen LogP contribution in [-0.2, 0) is 6.54 Å². The van der Waals surface area contributed by atoms with Gasteiger partial charge in [-0.3, -0.25) is 4.79 Å². The molecule has 2 aromatic rings. The minimum Gasteiger partial charge on any atom is -0.330 e. The van der Waals surface area contributed by atoms with Crippen LogP contribution in [0.1, 0.15) is 39.9 Å². The predicted molar refractivity (Wildman–Crippen MR) is 79.4 cm³/mol. The Morgan fingerprint density at radius 3 is 3.10 bits per heavy atom. The van der Waals surface area contributed by atoms with Gasteiger partial charge in [0.15, 0.2) is 0 Å². The van der Waals surface area contributed by atoms with Crippen LogP contribution in [0.15, 0.2) is 29.6 Å². The summed E-state index contributed by atoms with van der Waals surface area (Å²) < 4.78 is 13.4. The maximum absolute atomic E-state index is 13.4. The van der Waals surface area contributed by atoms with Gasteiger partial charge in [-0.05, 0) is 30.5 Å². The molecule has 1 aromatic heterocycles. The first-order valence-electron chi connectivity index (χ1n) is 6.90. The highest BCUT2D eigenvalue weighted by Crippen LogP contribution is 2.33. The van der Waals surface area contributed by atoms with Gasteiger partial charge in [-0.15, -0.1) is 11.3 Å². The van der Waals surface area contributed by atoms with Crippen LogP contribution >= 0.6 is 11.3 Å². The monoisotopic (exact) mass is 305 g/mol. The number of nitrogens with two attached hydrogens (primary N) is 1. The molecule has 0 aliphatic carbocycles. The fraction of sp³-hybridized carbons (Fsp3) is 0.333. The van der Waals surface area contributed by atoms with Crippen molar-refractivity contribution in [3.8, 4) is 0 Å². The van der Waals surface area contributed by atoms with Crippen LogP contribution in [0.4, 0.5) is 4.39 Å². The topological polar surface area (TPSA) is 59.2 Å². The van der Waals surface area contributed by atoms with Crippen LogP contribution in [-0.4, -0.2) is 22.3 Å². The number of halogens is 1. The Kier molecular flexibility index (Phi) is 3.98. The van der Waals surface area contributed by atoms with Crippen LogP contribution in [0.2, 0.25) is 0 Å². The first kappa shape index (κ1) is 14.2. The highest BCUT2D eigenvalue weighted by molar-refractivity contribution is 7.09. The normalized spacial score (nSPS) is 18.2. The number of rotatable bonds is 3. The van der Waals surface area contributed by atoms with Gasteiger partial charge in [-0.2, -0.15) is 0 Å². The van der Waals surface area contributed by atoms with E-state index in [4.69, 9.17) is 5.73 Å². The van der Waals surface area contributed by atoms with E-state index >= 15 is 0 Å². The van der Waals surface area contributed by atoms with Gasteiger partial charge >= 0.3 is 0 Å². The summed E-state index contributed by atoms with van der Waals surface area (Å²) >= 11 is 1.39. The SMILES string of the molecule is NCc1nc(C(=O)N2CCCC2c2cccc(F)c2)cs1. The average molecular weight is 305 g/mol. The molecule has 2 N–H and O–H groups in total. The molecule has 21 heavy (non-hydrogen) atoms. The Morgan fingerprint density at radius 1 is 1.52 bits per heavy atom. The quantitative estimate of drug-likeness (QED) is 0.948. The predicted octanol–water partition coefficient (Wildman–Crippen LogP) is 2.72. The van der Waals surface area contributed by atoms with Crippen molar-refractivity contribution in [1.29, 1.82) is 0 Å². The van der Waals surface area contributed by atoms with Crippen LogP contribution in [0.25, 0.3) is 0 Å². The molecule has 0 saturated carbocycles. The van der Waals surface area contributed by atoms with Crippen molar-refractivity contribution in [2.24, 2.45) is 5.73 Å². The van der Waals surface area contributed by atoms with E-state index in [0.717, 1.165) is 23.4 Å². The molecule has 1 unspecified atom stereocenters. The van der Waals surface area contributed by atoms with Gasteiger partial charge in [-0.25, -0.2) is 9.37 Å². The summed E-state index contributed by atoms with van der Waals surface area (Å²) in [7, 11) is 0. The van der Waals surface area contributed by atoms with Crippen LogP contribution < -0.4 is 5.73 Å². The van der Waals surface area contributed by atoms with E-state index < -0.39 is 0 Å². The first-order valence-corrected chi connectivity index (χ1v) is 7.78. The molecular weight excluding hydrogens is 289 g/mol. The molecule has 1 aliphatic heterocycles. The highest BCUT2D eigenvalue weighted by atomic mass is 32.1. The molecule has 110 valence electrons. The van der Waals surface area contributed by atoms with Crippen molar-refractivity contribution in [3.05, 3.63) is 51.7 Å². The fourth-order valence-electron chi connectivity index (χ4n) is 2.72. The number of carbonyl (C=O) groups excluding carboxylic acids is 1. The smallest absolute Gasteiger partial charge is 0.273 e. The number of likely N-dealkylation sites (tertiary alicyclic amines) is 1. The molecule has 1 amide bonds. The molecule has 1 aliphatic rings. The molecule has 4 nitrogen and oxygen atoms in total. The number of amides is 1. The zero-order chi connectivity index (χ0) is 14.8. The molecule has 1 saturated heterocycles. The zero-order valence-electron chi connectivity index (χ0n) is 11.5. The van der Waals surface area contributed by atoms with Gasteiger partial charge in [-0.1, -0.05) is 12.1 Å². The van der Waals surface area contributed by atoms with Crippen LogP contribution in [0.5, 0.6) is 0 Å². The van der Waals surface area contributed by atoms with Crippen molar-refractivity contribution in [1.82, 2.24) is 9.88 Å². The molecule has 1 aromatic carbocycles. The molecule has 1 atom stereocenters. The van der Waals surface area contributed by atoms with Crippen molar-refractivity contribution in [2.45, 2.75) is 25.4 Å². The summed E-state index contributed by atoms with van der Waals surface area (Å²) in [5.41, 5.74) is 6.81. The second-order valence-corrected chi connectivity index (χ2v) is 5.98. The van der Waals surface area contributed by atoms with Gasteiger partial charge in [0.25, 0.3) is 5.91 Å². The molecule has 0 radical (unpaired) electrons. The number of thiazole rings is 1. The number of carbonyl (C=O) groups is 1. The van der Waals surface area contributed by atoms with E-state index in [0.29, 0.717) is 18.8 Å². The summed E-state index contributed by atoms with van der Waals surface area (Å²) in [6.07, 6.45) is 1.77. The summed E-state index contributed by atoms with van der Waals surface area (Å²) in [4.78, 5) is 18.6. The van der Waals surface area contributed by atoms with Gasteiger partial charge in [0.2, 0.25) is 0 Å². The minimum atomic E-state index is -0.272. The Hall–Kier alpha value is -1.79. The van der Waals surface area contributed by atoms with E-state index in [1.54, 1.807) is 16.3 Å². The van der Waals surface area contributed by atoms with E-state index in [2.05, 4.69) is 4.98 Å². The molecule has 0 bridgehead atoms. The largest absolute Gasteiger partial charge is 0.330 e. The third kappa shape index (κ3) is 2.82. The molecule has 3 rings (SSSR count). The number of benzene rings is 1. The molecule has 1 fully saturated rings. The fourth-order valence-corrected chi connectivity index (χ4v) is 3.37. The van der Waals surface area contributed by atoms with Crippen molar-refractivity contribution in [2.75, 3.05) is 6.54 Å². The highest BCUT2D eigenvalue weighted by Gasteiger charge is 2.31. The zero-order valence-corrected chi connectivity index (χ0v) is 12.3. The van der Waals surface area contributed by atoms with Gasteiger partial charge in [0.1, 0.15) is 16.5 Å². The minimum absolute atomic E-state index is 0.0729. The van der Waals surface area contributed by atoms with Crippen LogP contribution in [0.3, 0.4) is 0 Å². The summed E-state index contributed by atoms with van der Waals surface area (Å²) in [5, 5.41) is 2.49. The Bertz CT molecular complexity index is 658. The van der Waals surface area contributed by atoms with Crippen molar-refractivity contribution in [3.63, 3.8) is 0 Å². The Labute approximate surface area is 126 Å². The average Bonchev–Trinajstić information content (AvgIpc) is 3.15. The molecular formula is C15H16FN3OS. The summed E-state index contributed by atoms with van der Waals surface area (Å²) in [6, 6.07) is 6.39. The molecule has 6 heteroatoms. The molecule has 2 heterocycles. The number of aromatic nitrogens is 1. The van der Waals surface area contributed by atoms with E-state index in [1.807, 2.05) is 6.07 Å². The summed E-state index contributed by atoms with van der Waals surface area (Å²) in [6.45, 7) is 1.01. The third-order valence-electron chi connectivity index (χ3n) is 3.69. The summed E-state index contributed by atoms with van der Waals surface area (Å²) in [5.74, 6) is -0.372. The Balaban J connectivity index is 1.85. The maximum atomic E-state index is 13.4. The van der Waals surface area contributed by atoms with Crippen molar-refractivity contribution >= 4 is 17.2 Å². The van der Waals surface area contributed by atoms with E-state index in [9.17, 15) is 9.18 Å². The number of hydrogen-bond acceptors (Lipinski definition) is 4. The second kappa shape index (κ2) is 5.91. The van der Waals surface area contributed by atoms with Gasteiger partial charge < -0.3 is 10.6 Å². The lowest BCUT2D eigenvalue weighted by Crippen LogP contribution is -2.30. The number of nitrogens with zero attached hydrogens (tertiary/aromatic N) is 2. The number of hydrogen-bond donors (Lipinski definition) is 1. The van der Waals surface area contributed by atoms with Crippen molar-refractivity contribution < 1.29 is 9.18 Å². The van der Waals surface area contributed by atoms with Gasteiger partial charge in [0, 0.05) is 18.5 Å². The lowest BCUT2D eigenvalue weighted by atomic mass is 10.0. The third-order valence-corrected chi connectivity index (χ3v) is 4.56. The van der Waals surface area contributed by atoms with Gasteiger partial charge in [0.05, 0.1) is 6.04 Å². The Morgan fingerprint density at radius 2 is 2.38 bits per heavy atom. The first-order chi connectivity index (χ1) is 10.2. The second-order valence-electron chi connectivity index (χ2n) is 5.04. The lowest BCUT2D eigenvalue weighted by Gasteiger charge is -2.24. The molecule has 0 spiro atoms. The van der Waals surface area contributed by atoms with E-state index in [-0.39, 0.29) is 17.8 Å². The standard InChI is InChI=1S/C15H16FN3OS/c16-11-4-1-3-10(7-11)13-5-2-6-19(13)15(20)12-9-21-14(8-17)18-12/h1,3-4,7,9,13H,2,5-6,8,17H2. The van der Waals surface area contributed by atoms with Crippen LogP contribution in [0, 0.1) is 5.82 Å².